The van der Waals surface area contributed by atoms with E-state index in [1.807, 2.05) is 13.0 Å². The number of methoxy groups -OCH3 is 1. The molecule has 0 spiro atoms. The van der Waals surface area contributed by atoms with Crippen molar-refractivity contribution in [2.45, 2.75) is 19.8 Å². The first-order chi connectivity index (χ1) is 6.16. The topological polar surface area (TPSA) is 48.1 Å². The maximum Gasteiger partial charge on any atom is 0.127 e. The summed E-state index contributed by atoms with van der Waals surface area (Å²) in [6.07, 6.45) is 1.73. The van der Waals surface area contributed by atoms with Gasteiger partial charge in [0, 0.05) is 24.8 Å². The second-order valence-electron chi connectivity index (χ2n) is 3.28. The van der Waals surface area contributed by atoms with Crippen LogP contribution in [0.3, 0.4) is 0 Å². The van der Waals surface area contributed by atoms with E-state index in [2.05, 4.69) is 11.9 Å². The number of hydrogen-bond donors (Lipinski definition) is 1. The molecular formula is C10H16N2O. The van der Waals surface area contributed by atoms with Crippen LogP contribution in [0.1, 0.15) is 24.0 Å². The number of nitrogens with two attached hydrogens (primary N) is 1. The Kier molecular flexibility index (Phi) is 3.25. The third-order valence-corrected chi connectivity index (χ3v) is 2.15. The van der Waals surface area contributed by atoms with Crippen molar-refractivity contribution in [1.29, 1.82) is 0 Å². The van der Waals surface area contributed by atoms with E-state index < -0.39 is 0 Å². The first-order valence-corrected chi connectivity index (χ1v) is 4.36. The number of nitrogens with zero attached hydrogens (tertiary/aromatic N) is 1. The van der Waals surface area contributed by atoms with Crippen LogP contribution in [-0.2, 0) is 4.74 Å². The van der Waals surface area contributed by atoms with Gasteiger partial charge in [-0.3, -0.25) is 0 Å². The fourth-order valence-corrected chi connectivity index (χ4v) is 1.57. The second-order valence-corrected chi connectivity index (χ2v) is 3.28. The highest BCUT2D eigenvalue weighted by molar-refractivity contribution is 5.46. The molecule has 2 N–H and O–H groups in total. The van der Waals surface area contributed by atoms with Gasteiger partial charge in [0.25, 0.3) is 0 Å². The molecule has 0 aliphatic carbocycles. The minimum absolute atomic E-state index is 0.304. The molecule has 3 heteroatoms. The Balaban J connectivity index is 2.98. The Morgan fingerprint density at radius 2 is 2.31 bits per heavy atom. The number of aryl methyl sites for hydroxylation is 1. The smallest absolute Gasteiger partial charge is 0.127 e. The molecule has 1 atom stereocenters. The molecule has 1 aromatic rings. The number of rotatable bonds is 3. The van der Waals surface area contributed by atoms with Gasteiger partial charge in [0.2, 0.25) is 0 Å². The number of hydrogen-bond acceptors (Lipinski definition) is 3. The van der Waals surface area contributed by atoms with Crippen LogP contribution in [0, 0.1) is 6.92 Å². The molecule has 0 saturated heterocycles. The van der Waals surface area contributed by atoms with E-state index in [-0.39, 0.29) is 0 Å². The van der Waals surface area contributed by atoms with E-state index in [1.54, 1.807) is 13.3 Å². The summed E-state index contributed by atoms with van der Waals surface area (Å²) in [6, 6.07) is 1.97. The van der Waals surface area contributed by atoms with Gasteiger partial charge in [-0.15, -0.1) is 0 Å². The first kappa shape index (κ1) is 9.99. The van der Waals surface area contributed by atoms with Gasteiger partial charge in [-0.1, -0.05) is 6.92 Å². The fraction of sp³-hybridized carbons (Fsp3) is 0.500. The molecule has 0 amide bonds. The molecule has 1 unspecified atom stereocenters. The highest BCUT2D eigenvalue weighted by Crippen LogP contribution is 2.23. The molecule has 0 aromatic carbocycles. The van der Waals surface area contributed by atoms with Crippen LogP contribution in [-0.4, -0.2) is 18.7 Å². The maximum absolute atomic E-state index is 5.79. The fourth-order valence-electron chi connectivity index (χ4n) is 1.57. The number of nitrogen functional groups attached to an aromatic ring is 1. The Morgan fingerprint density at radius 3 is 2.85 bits per heavy atom. The SMILES string of the molecule is COCC(C)c1c(C)ccnc1N. The van der Waals surface area contributed by atoms with Crippen LogP contribution >= 0.6 is 0 Å². The predicted octanol–water partition coefficient (Wildman–Crippen LogP) is 1.72. The zero-order chi connectivity index (χ0) is 9.84. The van der Waals surface area contributed by atoms with Gasteiger partial charge < -0.3 is 10.5 Å². The van der Waals surface area contributed by atoms with Crippen molar-refractivity contribution in [3.8, 4) is 0 Å². The molecule has 0 bridgehead atoms. The summed E-state index contributed by atoms with van der Waals surface area (Å²) >= 11 is 0. The summed E-state index contributed by atoms with van der Waals surface area (Å²) < 4.78 is 5.08. The molecule has 72 valence electrons. The molecule has 0 fully saturated rings. The molecule has 0 radical (unpaired) electrons. The summed E-state index contributed by atoms with van der Waals surface area (Å²) in [7, 11) is 1.69. The Bertz CT molecular complexity index is 266. The summed E-state index contributed by atoms with van der Waals surface area (Å²) in [5, 5.41) is 0. The van der Waals surface area contributed by atoms with Crippen LogP contribution in [0.4, 0.5) is 5.82 Å². The lowest BCUT2D eigenvalue weighted by Gasteiger charge is -2.14. The summed E-state index contributed by atoms with van der Waals surface area (Å²) in [6.45, 7) is 4.81. The van der Waals surface area contributed by atoms with Crippen molar-refractivity contribution in [3.05, 3.63) is 23.4 Å². The molecular weight excluding hydrogens is 164 g/mol. The molecule has 0 saturated carbocycles. The molecule has 1 aromatic heterocycles. The van der Waals surface area contributed by atoms with Gasteiger partial charge in [-0.2, -0.15) is 0 Å². The Hall–Kier alpha value is -1.09. The van der Waals surface area contributed by atoms with Crippen molar-refractivity contribution >= 4 is 5.82 Å². The van der Waals surface area contributed by atoms with Crippen LogP contribution in [0.15, 0.2) is 12.3 Å². The summed E-state index contributed by atoms with van der Waals surface area (Å²) in [5.74, 6) is 0.920. The number of aromatic nitrogens is 1. The van der Waals surface area contributed by atoms with Gasteiger partial charge >= 0.3 is 0 Å². The minimum atomic E-state index is 0.304. The largest absolute Gasteiger partial charge is 0.384 e. The van der Waals surface area contributed by atoms with Crippen molar-refractivity contribution in [2.75, 3.05) is 19.5 Å². The van der Waals surface area contributed by atoms with E-state index >= 15 is 0 Å². The van der Waals surface area contributed by atoms with E-state index in [4.69, 9.17) is 10.5 Å². The maximum atomic E-state index is 5.79. The normalized spacial score (nSPS) is 12.8. The highest BCUT2D eigenvalue weighted by atomic mass is 16.5. The average molecular weight is 180 g/mol. The predicted molar refractivity (Wildman–Crippen MR) is 53.7 cm³/mol. The standard InChI is InChI=1S/C10H16N2O/c1-7-4-5-12-10(11)9(7)8(2)6-13-3/h4-5,8H,6H2,1-3H3,(H2,11,12). The van der Waals surface area contributed by atoms with E-state index in [0.717, 1.165) is 5.56 Å². The molecule has 1 heterocycles. The van der Waals surface area contributed by atoms with Crippen LogP contribution in [0.5, 0.6) is 0 Å². The monoisotopic (exact) mass is 180 g/mol. The zero-order valence-electron chi connectivity index (χ0n) is 8.37. The third-order valence-electron chi connectivity index (χ3n) is 2.15. The lowest BCUT2D eigenvalue weighted by Crippen LogP contribution is -2.08. The molecule has 3 nitrogen and oxygen atoms in total. The van der Waals surface area contributed by atoms with Crippen LogP contribution in [0.25, 0.3) is 0 Å². The minimum Gasteiger partial charge on any atom is -0.384 e. The van der Waals surface area contributed by atoms with Crippen LogP contribution in [0.2, 0.25) is 0 Å². The van der Waals surface area contributed by atoms with Gasteiger partial charge in [-0.25, -0.2) is 4.98 Å². The third kappa shape index (κ3) is 2.18. The highest BCUT2D eigenvalue weighted by Gasteiger charge is 2.11. The molecule has 0 aliphatic heterocycles. The van der Waals surface area contributed by atoms with Gasteiger partial charge in [-0.05, 0) is 18.6 Å². The number of pyridine rings is 1. The van der Waals surface area contributed by atoms with Crippen molar-refractivity contribution in [2.24, 2.45) is 0 Å². The van der Waals surface area contributed by atoms with E-state index in [1.165, 1.54) is 5.56 Å². The van der Waals surface area contributed by atoms with Gasteiger partial charge in [0.15, 0.2) is 0 Å². The zero-order valence-corrected chi connectivity index (χ0v) is 8.37. The van der Waals surface area contributed by atoms with Gasteiger partial charge in [0.05, 0.1) is 6.61 Å². The van der Waals surface area contributed by atoms with Gasteiger partial charge in [0.1, 0.15) is 5.82 Å². The number of anilines is 1. The van der Waals surface area contributed by atoms with E-state index in [0.29, 0.717) is 18.3 Å². The molecule has 13 heavy (non-hydrogen) atoms. The quantitative estimate of drug-likeness (QED) is 0.770. The Morgan fingerprint density at radius 1 is 1.62 bits per heavy atom. The Labute approximate surface area is 78.9 Å². The lowest BCUT2D eigenvalue weighted by molar-refractivity contribution is 0.184. The molecule has 0 aliphatic rings. The van der Waals surface area contributed by atoms with Crippen molar-refractivity contribution in [3.63, 3.8) is 0 Å². The lowest BCUT2D eigenvalue weighted by atomic mass is 9.98. The summed E-state index contributed by atoms with van der Waals surface area (Å²) in [4.78, 5) is 4.07. The van der Waals surface area contributed by atoms with Crippen molar-refractivity contribution < 1.29 is 4.74 Å². The average Bonchev–Trinajstić information content (AvgIpc) is 2.04. The first-order valence-electron chi connectivity index (χ1n) is 4.36. The molecule has 1 rings (SSSR count). The van der Waals surface area contributed by atoms with Crippen LogP contribution < -0.4 is 5.73 Å². The van der Waals surface area contributed by atoms with Crippen molar-refractivity contribution in [1.82, 2.24) is 4.98 Å². The summed E-state index contributed by atoms with van der Waals surface area (Å²) in [5.41, 5.74) is 8.06. The van der Waals surface area contributed by atoms with E-state index in [9.17, 15) is 0 Å². The number of ether oxygens (including phenoxy) is 1. The second kappa shape index (κ2) is 4.23.